The van der Waals surface area contributed by atoms with Crippen molar-refractivity contribution in [2.24, 2.45) is 0 Å². The molecule has 1 aromatic heterocycles. The molecule has 30 heavy (non-hydrogen) atoms. The van der Waals surface area contributed by atoms with E-state index in [0.29, 0.717) is 35.1 Å². The number of para-hydroxylation sites is 2. The molecule has 0 aliphatic heterocycles. The second-order valence-electron chi connectivity index (χ2n) is 7.23. The number of nitrogens with zero attached hydrogens (tertiary/aromatic N) is 2. The summed E-state index contributed by atoms with van der Waals surface area (Å²) in [6.45, 7) is 3.10. The lowest BCUT2D eigenvalue weighted by Crippen LogP contribution is -2.26. The first kappa shape index (κ1) is 20.5. The Morgan fingerprint density at radius 1 is 1.00 bits per heavy atom. The number of benzene rings is 3. The Bertz CT molecular complexity index is 1220. The largest absolute Gasteiger partial charge is 0.352 e. The van der Waals surface area contributed by atoms with Crippen molar-refractivity contribution in [3.63, 3.8) is 0 Å². The average molecular weight is 438 g/mol. The molecule has 6 heteroatoms. The van der Waals surface area contributed by atoms with Crippen molar-refractivity contribution in [2.45, 2.75) is 19.9 Å². The van der Waals surface area contributed by atoms with Crippen LogP contribution in [0.5, 0.6) is 0 Å². The summed E-state index contributed by atoms with van der Waals surface area (Å²) in [5.74, 6) is 0.831. The Hall–Kier alpha value is -2.82. The highest BCUT2D eigenvalue weighted by Crippen LogP contribution is 2.24. The first-order valence-electron chi connectivity index (χ1n) is 9.74. The Labute approximate surface area is 185 Å². The molecule has 0 aliphatic rings. The molecule has 0 saturated heterocycles. The molecule has 4 aromatic rings. The maximum Gasteiger partial charge on any atom is 0.251 e. The quantitative estimate of drug-likeness (QED) is 0.422. The van der Waals surface area contributed by atoms with Crippen LogP contribution in [0.15, 0.2) is 66.7 Å². The predicted molar refractivity (Wildman–Crippen MR) is 123 cm³/mol. The van der Waals surface area contributed by atoms with Crippen LogP contribution in [0.25, 0.3) is 11.0 Å². The van der Waals surface area contributed by atoms with Gasteiger partial charge in [-0.1, -0.05) is 59.1 Å². The summed E-state index contributed by atoms with van der Waals surface area (Å²) < 4.78 is 2.16. The van der Waals surface area contributed by atoms with E-state index >= 15 is 0 Å². The van der Waals surface area contributed by atoms with Gasteiger partial charge < -0.3 is 9.88 Å². The molecule has 0 radical (unpaired) electrons. The molecule has 0 atom stereocenters. The zero-order chi connectivity index (χ0) is 21.1. The minimum Gasteiger partial charge on any atom is -0.352 e. The van der Waals surface area contributed by atoms with E-state index in [1.54, 1.807) is 6.07 Å². The third-order valence-corrected chi connectivity index (χ3v) is 5.71. The van der Waals surface area contributed by atoms with Crippen LogP contribution < -0.4 is 5.32 Å². The van der Waals surface area contributed by atoms with Gasteiger partial charge in [0.25, 0.3) is 5.91 Å². The number of carbonyl (C=O) groups is 1. The number of hydrogen-bond donors (Lipinski definition) is 1. The SMILES string of the molecule is Cc1cccc(C(=O)NCCc2nc3ccccc3n2Cc2ccc(Cl)c(Cl)c2)c1. The zero-order valence-corrected chi connectivity index (χ0v) is 18.0. The molecule has 152 valence electrons. The first-order chi connectivity index (χ1) is 14.5. The van der Waals surface area contributed by atoms with Crippen molar-refractivity contribution < 1.29 is 4.79 Å². The van der Waals surface area contributed by atoms with Gasteiger partial charge >= 0.3 is 0 Å². The van der Waals surface area contributed by atoms with Gasteiger partial charge in [0.2, 0.25) is 0 Å². The van der Waals surface area contributed by atoms with Crippen LogP contribution in [-0.4, -0.2) is 22.0 Å². The number of imidazole rings is 1. The number of amides is 1. The molecule has 0 bridgehead atoms. The molecular weight excluding hydrogens is 417 g/mol. The van der Waals surface area contributed by atoms with Gasteiger partial charge in [-0.3, -0.25) is 4.79 Å². The van der Waals surface area contributed by atoms with Crippen LogP contribution in [0, 0.1) is 6.92 Å². The topological polar surface area (TPSA) is 46.9 Å². The lowest BCUT2D eigenvalue weighted by atomic mass is 10.1. The van der Waals surface area contributed by atoms with Crippen LogP contribution in [0.4, 0.5) is 0 Å². The van der Waals surface area contributed by atoms with Crippen molar-refractivity contribution in [3.05, 3.63) is 99.3 Å². The van der Waals surface area contributed by atoms with Crippen molar-refractivity contribution in [2.75, 3.05) is 6.54 Å². The summed E-state index contributed by atoms with van der Waals surface area (Å²) in [7, 11) is 0. The molecule has 1 amide bonds. The highest BCUT2D eigenvalue weighted by Gasteiger charge is 2.12. The zero-order valence-electron chi connectivity index (χ0n) is 16.5. The fourth-order valence-corrected chi connectivity index (χ4v) is 3.81. The fraction of sp³-hybridized carbons (Fsp3) is 0.167. The van der Waals surface area contributed by atoms with Gasteiger partial charge in [-0.15, -0.1) is 0 Å². The van der Waals surface area contributed by atoms with Gasteiger partial charge in [-0.05, 0) is 48.9 Å². The molecule has 4 nitrogen and oxygen atoms in total. The Kier molecular flexibility index (Phi) is 6.07. The van der Waals surface area contributed by atoms with Gasteiger partial charge in [0, 0.05) is 25.1 Å². The maximum absolute atomic E-state index is 12.4. The van der Waals surface area contributed by atoms with Crippen molar-refractivity contribution in [3.8, 4) is 0 Å². The summed E-state index contributed by atoms with van der Waals surface area (Å²) >= 11 is 12.3. The number of rotatable bonds is 6. The van der Waals surface area contributed by atoms with Crippen molar-refractivity contribution in [1.29, 1.82) is 0 Å². The molecular formula is C24H21Cl2N3O. The highest BCUT2D eigenvalue weighted by atomic mass is 35.5. The van der Waals surface area contributed by atoms with E-state index in [-0.39, 0.29) is 5.91 Å². The van der Waals surface area contributed by atoms with Gasteiger partial charge in [0.1, 0.15) is 5.82 Å². The summed E-state index contributed by atoms with van der Waals surface area (Å²) in [6.07, 6.45) is 0.619. The van der Waals surface area contributed by atoms with Crippen LogP contribution >= 0.6 is 23.2 Å². The molecule has 0 spiro atoms. The second-order valence-corrected chi connectivity index (χ2v) is 8.04. The predicted octanol–water partition coefficient (Wildman–Crippen LogP) is 5.67. The van der Waals surface area contributed by atoms with Crippen LogP contribution in [0.2, 0.25) is 10.0 Å². The van der Waals surface area contributed by atoms with E-state index in [4.69, 9.17) is 28.2 Å². The number of halogens is 2. The number of aryl methyl sites for hydroxylation is 1. The van der Waals surface area contributed by atoms with Gasteiger partial charge in [-0.2, -0.15) is 0 Å². The van der Waals surface area contributed by atoms with Crippen molar-refractivity contribution in [1.82, 2.24) is 14.9 Å². The molecule has 0 aliphatic carbocycles. The van der Waals surface area contributed by atoms with Crippen molar-refractivity contribution >= 4 is 40.1 Å². The van der Waals surface area contributed by atoms with Gasteiger partial charge in [0.05, 0.1) is 21.1 Å². The standard InChI is InChI=1S/C24H21Cl2N3O/c1-16-5-4-6-18(13-16)24(30)27-12-11-23-28-21-7-2-3-8-22(21)29(23)15-17-9-10-19(25)20(26)14-17/h2-10,13-14H,11-12,15H2,1H3,(H,27,30). The van der Waals surface area contributed by atoms with E-state index in [1.807, 2.05) is 61.5 Å². The third kappa shape index (κ3) is 4.50. The molecule has 4 rings (SSSR count). The number of nitrogens with one attached hydrogen (secondary N) is 1. The third-order valence-electron chi connectivity index (χ3n) is 4.97. The van der Waals surface area contributed by atoms with E-state index in [0.717, 1.165) is 28.0 Å². The molecule has 0 fully saturated rings. The summed E-state index contributed by atoms with van der Waals surface area (Å²) in [5.41, 5.74) is 4.74. The summed E-state index contributed by atoms with van der Waals surface area (Å²) in [4.78, 5) is 17.2. The van der Waals surface area contributed by atoms with E-state index in [1.165, 1.54) is 0 Å². The number of aromatic nitrogens is 2. The van der Waals surface area contributed by atoms with E-state index in [2.05, 4.69) is 16.0 Å². The lowest BCUT2D eigenvalue weighted by Gasteiger charge is -2.11. The minimum absolute atomic E-state index is 0.0779. The molecule has 1 heterocycles. The lowest BCUT2D eigenvalue weighted by molar-refractivity contribution is 0.0954. The Morgan fingerprint density at radius 2 is 1.83 bits per heavy atom. The Morgan fingerprint density at radius 3 is 2.63 bits per heavy atom. The smallest absolute Gasteiger partial charge is 0.251 e. The van der Waals surface area contributed by atoms with Crippen LogP contribution in [0.3, 0.4) is 0 Å². The second kappa shape index (κ2) is 8.90. The summed E-state index contributed by atoms with van der Waals surface area (Å²) in [5, 5.41) is 4.07. The molecule has 0 unspecified atom stereocenters. The van der Waals surface area contributed by atoms with Crippen LogP contribution in [-0.2, 0) is 13.0 Å². The monoisotopic (exact) mass is 437 g/mol. The number of hydrogen-bond acceptors (Lipinski definition) is 2. The number of fused-ring (bicyclic) bond motifs is 1. The van der Waals surface area contributed by atoms with Gasteiger partial charge in [-0.25, -0.2) is 4.98 Å². The van der Waals surface area contributed by atoms with Crippen LogP contribution in [0.1, 0.15) is 27.3 Å². The van der Waals surface area contributed by atoms with Gasteiger partial charge in [0.15, 0.2) is 0 Å². The minimum atomic E-state index is -0.0779. The number of carbonyl (C=O) groups excluding carboxylic acids is 1. The molecule has 0 saturated carbocycles. The maximum atomic E-state index is 12.4. The summed E-state index contributed by atoms with van der Waals surface area (Å²) in [6, 6.07) is 21.2. The first-order valence-corrected chi connectivity index (χ1v) is 10.5. The molecule has 1 N–H and O–H groups in total. The Balaban J connectivity index is 1.54. The average Bonchev–Trinajstić information content (AvgIpc) is 3.08. The highest BCUT2D eigenvalue weighted by molar-refractivity contribution is 6.42. The van der Waals surface area contributed by atoms with E-state index < -0.39 is 0 Å². The van der Waals surface area contributed by atoms with E-state index in [9.17, 15) is 4.79 Å². The normalized spacial score (nSPS) is 11.0. The molecule has 3 aromatic carbocycles. The fourth-order valence-electron chi connectivity index (χ4n) is 3.49.